The Bertz CT molecular complexity index is 355. The van der Waals surface area contributed by atoms with Crippen molar-refractivity contribution in [2.75, 3.05) is 31.2 Å². The van der Waals surface area contributed by atoms with Crippen molar-refractivity contribution in [1.29, 1.82) is 0 Å². The molecule has 1 fully saturated rings. The van der Waals surface area contributed by atoms with Crippen molar-refractivity contribution in [2.24, 2.45) is 5.73 Å². The summed E-state index contributed by atoms with van der Waals surface area (Å²) < 4.78 is 5.41. The normalized spacial score (nSPS) is 23.9. The van der Waals surface area contributed by atoms with Gasteiger partial charge in [-0.1, -0.05) is 17.7 Å². The van der Waals surface area contributed by atoms with Crippen LogP contribution in [0.2, 0.25) is 0 Å². The predicted molar refractivity (Wildman–Crippen MR) is 71.4 cm³/mol. The number of nitrogens with two attached hydrogens (primary N) is 1. The zero-order valence-electron chi connectivity index (χ0n) is 10.8. The van der Waals surface area contributed by atoms with Crippen LogP contribution in [0.1, 0.15) is 18.9 Å². The molecular weight excluding hydrogens is 212 g/mol. The predicted octanol–water partition coefficient (Wildman–Crippen LogP) is 1.94. The zero-order valence-corrected chi connectivity index (χ0v) is 10.8. The molecule has 1 aliphatic rings. The van der Waals surface area contributed by atoms with Crippen molar-refractivity contribution < 1.29 is 4.74 Å². The molecule has 3 nitrogen and oxygen atoms in total. The third-order valence-corrected chi connectivity index (χ3v) is 3.42. The van der Waals surface area contributed by atoms with Crippen molar-refractivity contribution in [2.45, 2.75) is 25.8 Å². The molecule has 0 amide bonds. The molecule has 1 heterocycles. The number of hydrogen-bond acceptors (Lipinski definition) is 3. The Hall–Kier alpha value is -1.06. The molecule has 0 bridgehead atoms. The fourth-order valence-electron chi connectivity index (χ4n) is 2.27. The molecule has 1 saturated heterocycles. The summed E-state index contributed by atoms with van der Waals surface area (Å²) in [5.74, 6) is 0. The van der Waals surface area contributed by atoms with E-state index in [2.05, 4.69) is 43.0 Å². The molecule has 2 rings (SSSR count). The van der Waals surface area contributed by atoms with Crippen LogP contribution in [0.4, 0.5) is 5.69 Å². The van der Waals surface area contributed by atoms with Gasteiger partial charge < -0.3 is 15.4 Å². The Morgan fingerprint density at radius 3 is 2.59 bits per heavy atom. The number of anilines is 1. The van der Waals surface area contributed by atoms with Crippen molar-refractivity contribution in [3.8, 4) is 0 Å². The van der Waals surface area contributed by atoms with Gasteiger partial charge in [-0.3, -0.25) is 0 Å². The van der Waals surface area contributed by atoms with Gasteiger partial charge in [0, 0.05) is 25.4 Å². The van der Waals surface area contributed by atoms with E-state index in [4.69, 9.17) is 10.5 Å². The van der Waals surface area contributed by atoms with Gasteiger partial charge in [0.15, 0.2) is 0 Å². The van der Waals surface area contributed by atoms with Crippen LogP contribution in [0.15, 0.2) is 24.3 Å². The second kappa shape index (κ2) is 5.07. The number of nitrogens with zero attached hydrogens (tertiary/aromatic N) is 1. The van der Waals surface area contributed by atoms with Crippen molar-refractivity contribution in [1.82, 2.24) is 0 Å². The van der Waals surface area contributed by atoms with E-state index < -0.39 is 0 Å². The molecule has 0 aliphatic carbocycles. The topological polar surface area (TPSA) is 38.5 Å². The highest BCUT2D eigenvalue weighted by molar-refractivity contribution is 5.47. The van der Waals surface area contributed by atoms with Gasteiger partial charge in [-0.2, -0.15) is 0 Å². The molecule has 2 N–H and O–H groups in total. The minimum Gasteiger partial charge on any atom is -0.379 e. The van der Waals surface area contributed by atoms with Crippen LogP contribution in [0.25, 0.3) is 0 Å². The average molecular weight is 234 g/mol. The molecule has 3 heteroatoms. The molecule has 0 aromatic heterocycles. The number of benzene rings is 1. The van der Waals surface area contributed by atoms with E-state index in [1.54, 1.807) is 0 Å². The maximum atomic E-state index is 6.34. The quantitative estimate of drug-likeness (QED) is 0.865. The summed E-state index contributed by atoms with van der Waals surface area (Å²) >= 11 is 0. The van der Waals surface area contributed by atoms with Crippen LogP contribution in [0, 0.1) is 6.92 Å². The number of rotatable bonds is 4. The second-order valence-electron chi connectivity index (χ2n) is 5.01. The average Bonchev–Trinajstić information content (AvgIpc) is 2.75. The maximum absolute atomic E-state index is 6.34. The van der Waals surface area contributed by atoms with Crippen LogP contribution in [0.5, 0.6) is 0 Å². The van der Waals surface area contributed by atoms with Gasteiger partial charge >= 0.3 is 0 Å². The van der Waals surface area contributed by atoms with Crippen LogP contribution < -0.4 is 10.6 Å². The SMILES string of the molecule is CCN(CC1(N)CCOC1)c1ccc(C)cc1. The summed E-state index contributed by atoms with van der Waals surface area (Å²) in [6.07, 6.45) is 0.954. The zero-order chi connectivity index (χ0) is 12.3. The Labute approximate surface area is 104 Å². The van der Waals surface area contributed by atoms with Gasteiger partial charge in [0.05, 0.1) is 12.1 Å². The third-order valence-electron chi connectivity index (χ3n) is 3.42. The highest BCUT2D eigenvalue weighted by Gasteiger charge is 2.32. The fraction of sp³-hybridized carbons (Fsp3) is 0.571. The van der Waals surface area contributed by atoms with E-state index in [0.717, 1.165) is 26.1 Å². The Morgan fingerprint density at radius 2 is 2.06 bits per heavy atom. The summed E-state index contributed by atoms with van der Waals surface area (Å²) in [7, 11) is 0. The molecule has 1 unspecified atom stereocenters. The van der Waals surface area contributed by atoms with E-state index in [1.165, 1.54) is 11.3 Å². The first-order valence-electron chi connectivity index (χ1n) is 6.31. The minimum absolute atomic E-state index is 0.180. The molecule has 0 spiro atoms. The third kappa shape index (κ3) is 2.99. The Balaban J connectivity index is 2.08. The van der Waals surface area contributed by atoms with Gasteiger partial charge in [-0.25, -0.2) is 0 Å². The molecule has 1 aliphatic heterocycles. The van der Waals surface area contributed by atoms with Gasteiger partial charge in [0.25, 0.3) is 0 Å². The van der Waals surface area contributed by atoms with Gasteiger partial charge in [-0.15, -0.1) is 0 Å². The summed E-state index contributed by atoms with van der Waals surface area (Å²) in [4.78, 5) is 2.33. The monoisotopic (exact) mass is 234 g/mol. The van der Waals surface area contributed by atoms with Crippen LogP contribution in [-0.2, 0) is 4.74 Å². The lowest BCUT2D eigenvalue weighted by Crippen LogP contribution is -2.51. The molecule has 17 heavy (non-hydrogen) atoms. The van der Waals surface area contributed by atoms with E-state index in [9.17, 15) is 0 Å². The molecule has 1 atom stereocenters. The molecule has 0 radical (unpaired) electrons. The van der Waals surface area contributed by atoms with Gasteiger partial charge in [0.2, 0.25) is 0 Å². The van der Waals surface area contributed by atoms with E-state index in [0.29, 0.717) is 6.61 Å². The summed E-state index contributed by atoms with van der Waals surface area (Å²) in [6.45, 7) is 7.58. The van der Waals surface area contributed by atoms with Gasteiger partial charge in [0.1, 0.15) is 0 Å². The minimum atomic E-state index is -0.180. The smallest absolute Gasteiger partial charge is 0.0664 e. The highest BCUT2D eigenvalue weighted by atomic mass is 16.5. The first-order chi connectivity index (χ1) is 8.13. The molecule has 94 valence electrons. The summed E-state index contributed by atoms with van der Waals surface area (Å²) in [5, 5.41) is 0. The molecule has 0 saturated carbocycles. The molecular formula is C14H22N2O. The summed E-state index contributed by atoms with van der Waals surface area (Å²) in [5.41, 5.74) is 8.69. The number of likely N-dealkylation sites (N-methyl/N-ethyl adjacent to an activating group) is 1. The summed E-state index contributed by atoms with van der Waals surface area (Å²) in [6, 6.07) is 8.62. The lowest BCUT2D eigenvalue weighted by Gasteiger charge is -2.32. The second-order valence-corrected chi connectivity index (χ2v) is 5.01. The van der Waals surface area contributed by atoms with Crippen LogP contribution in [0.3, 0.4) is 0 Å². The molecule has 1 aromatic carbocycles. The lowest BCUT2D eigenvalue weighted by molar-refractivity contribution is 0.179. The Kier molecular flexibility index (Phi) is 3.69. The van der Waals surface area contributed by atoms with E-state index in [-0.39, 0.29) is 5.54 Å². The van der Waals surface area contributed by atoms with Gasteiger partial charge in [-0.05, 0) is 32.4 Å². The van der Waals surface area contributed by atoms with Crippen molar-refractivity contribution in [3.63, 3.8) is 0 Å². The van der Waals surface area contributed by atoms with Crippen molar-refractivity contribution in [3.05, 3.63) is 29.8 Å². The Morgan fingerprint density at radius 1 is 1.35 bits per heavy atom. The van der Waals surface area contributed by atoms with E-state index in [1.807, 2.05) is 0 Å². The van der Waals surface area contributed by atoms with Crippen molar-refractivity contribution >= 4 is 5.69 Å². The number of hydrogen-bond donors (Lipinski definition) is 1. The first-order valence-corrected chi connectivity index (χ1v) is 6.31. The first kappa shape index (κ1) is 12.4. The van der Waals surface area contributed by atoms with Crippen LogP contribution in [-0.4, -0.2) is 31.8 Å². The molecule has 1 aromatic rings. The van der Waals surface area contributed by atoms with E-state index >= 15 is 0 Å². The van der Waals surface area contributed by atoms with Crippen LogP contribution >= 0.6 is 0 Å². The largest absolute Gasteiger partial charge is 0.379 e. The number of ether oxygens (including phenoxy) is 1. The number of aryl methyl sites for hydroxylation is 1. The highest BCUT2D eigenvalue weighted by Crippen LogP contribution is 2.21. The fourth-order valence-corrected chi connectivity index (χ4v) is 2.27. The maximum Gasteiger partial charge on any atom is 0.0664 e. The lowest BCUT2D eigenvalue weighted by atomic mass is 9.99. The standard InChI is InChI=1S/C14H22N2O/c1-3-16(10-14(15)8-9-17-11-14)13-6-4-12(2)5-7-13/h4-7H,3,8-11,15H2,1-2H3.